The Balaban J connectivity index is 1.69. The van der Waals surface area contributed by atoms with Crippen LogP contribution in [0.25, 0.3) is 0 Å². The molecule has 1 N–H and O–H groups in total. The van der Waals surface area contributed by atoms with Crippen LogP contribution in [-0.4, -0.2) is 41.5 Å². The molecule has 1 saturated heterocycles. The summed E-state index contributed by atoms with van der Waals surface area (Å²) in [6.07, 6.45) is 3.32. The first-order valence-corrected chi connectivity index (χ1v) is 13.1. The van der Waals surface area contributed by atoms with E-state index in [9.17, 15) is 18.0 Å². The number of rotatable bonds is 8. The molecule has 1 aromatic heterocycles. The first kappa shape index (κ1) is 24.6. The Kier molecular flexibility index (Phi) is 7.62. The highest BCUT2D eigenvalue weighted by molar-refractivity contribution is 7.89. The fourth-order valence-electron chi connectivity index (χ4n) is 3.85. The van der Waals surface area contributed by atoms with E-state index < -0.39 is 15.9 Å². The number of carbonyl (C=O) groups excluding carboxylic acids is 1. The van der Waals surface area contributed by atoms with Gasteiger partial charge in [0.2, 0.25) is 10.0 Å². The van der Waals surface area contributed by atoms with E-state index in [0.29, 0.717) is 31.8 Å². The second-order valence-electron chi connectivity index (χ2n) is 8.27. The van der Waals surface area contributed by atoms with Crippen molar-refractivity contribution in [1.29, 1.82) is 0 Å². The minimum Gasteiger partial charge on any atom is -0.455 e. The molecule has 4 rings (SSSR count). The molecule has 1 aliphatic heterocycles. The molecule has 0 unspecified atom stereocenters. The molecule has 10 heteroatoms. The molecule has 1 amide bonds. The summed E-state index contributed by atoms with van der Waals surface area (Å²) in [5.74, 6) is 0.230. The van der Waals surface area contributed by atoms with Crippen molar-refractivity contribution in [3.05, 3.63) is 76.7 Å². The largest absolute Gasteiger partial charge is 0.455 e. The van der Waals surface area contributed by atoms with Crippen molar-refractivity contribution < 1.29 is 17.9 Å². The summed E-state index contributed by atoms with van der Waals surface area (Å²) >= 11 is 0. The maximum atomic E-state index is 13.2. The van der Waals surface area contributed by atoms with Crippen LogP contribution >= 0.6 is 0 Å². The maximum absolute atomic E-state index is 13.2. The standard InChI is InChI=1S/C25H28N4O5S/c1-2-15-29-24(30)14-12-21(27-29)25(31)26-22-18-20(35(32,33)28-16-7-4-8-17-28)11-13-23(22)34-19-9-5-3-6-10-19/h3,5-6,9-14,18H,2,4,7-8,15-17H2,1H3,(H,26,31). The third kappa shape index (κ3) is 5.77. The molecule has 0 atom stereocenters. The van der Waals surface area contributed by atoms with Crippen LogP contribution in [0.4, 0.5) is 5.69 Å². The Labute approximate surface area is 204 Å². The van der Waals surface area contributed by atoms with Gasteiger partial charge in [-0.3, -0.25) is 9.59 Å². The average molecular weight is 497 g/mol. The topological polar surface area (TPSA) is 111 Å². The summed E-state index contributed by atoms with van der Waals surface area (Å²) < 4.78 is 35.1. The van der Waals surface area contributed by atoms with Crippen molar-refractivity contribution >= 4 is 21.6 Å². The molecular formula is C25H28N4O5S. The molecule has 0 bridgehead atoms. The van der Waals surface area contributed by atoms with Gasteiger partial charge in [0.1, 0.15) is 11.4 Å². The lowest BCUT2D eigenvalue weighted by atomic mass is 10.2. The smallest absolute Gasteiger partial charge is 0.276 e. The number of piperidine rings is 1. The summed E-state index contributed by atoms with van der Waals surface area (Å²) in [5, 5.41) is 6.87. The van der Waals surface area contributed by atoms with E-state index in [2.05, 4.69) is 10.4 Å². The number of para-hydroxylation sites is 1. The molecule has 184 valence electrons. The lowest BCUT2D eigenvalue weighted by Crippen LogP contribution is -2.35. The van der Waals surface area contributed by atoms with Crippen LogP contribution < -0.4 is 15.6 Å². The summed E-state index contributed by atoms with van der Waals surface area (Å²) in [4.78, 5) is 25.1. The summed E-state index contributed by atoms with van der Waals surface area (Å²) in [5.41, 5.74) is -0.0777. The number of aromatic nitrogens is 2. The van der Waals surface area contributed by atoms with Gasteiger partial charge in [-0.2, -0.15) is 9.40 Å². The highest BCUT2D eigenvalue weighted by Gasteiger charge is 2.27. The predicted octanol–water partition coefficient (Wildman–Crippen LogP) is 3.87. The molecular weight excluding hydrogens is 468 g/mol. The third-order valence-electron chi connectivity index (χ3n) is 5.66. The van der Waals surface area contributed by atoms with Gasteiger partial charge in [-0.05, 0) is 55.7 Å². The Morgan fingerprint density at radius 1 is 1.03 bits per heavy atom. The molecule has 9 nitrogen and oxygen atoms in total. The van der Waals surface area contributed by atoms with Gasteiger partial charge < -0.3 is 10.1 Å². The number of aryl methyl sites for hydroxylation is 1. The van der Waals surface area contributed by atoms with Gasteiger partial charge >= 0.3 is 0 Å². The van der Waals surface area contributed by atoms with E-state index in [1.807, 2.05) is 25.1 Å². The van der Waals surface area contributed by atoms with Gasteiger partial charge in [0.25, 0.3) is 11.5 Å². The van der Waals surface area contributed by atoms with E-state index in [4.69, 9.17) is 4.74 Å². The number of sulfonamides is 1. The van der Waals surface area contributed by atoms with Crippen LogP contribution in [0.5, 0.6) is 11.5 Å². The highest BCUT2D eigenvalue weighted by Crippen LogP contribution is 2.33. The number of carbonyl (C=O) groups is 1. The molecule has 2 heterocycles. The van der Waals surface area contributed by atoms with Crippen molar-refractivity contribution in [2.75, 3.05) is 18.4 Å². The zero-order chi connectivity index (χ0) is 24.8. The normalized spacial score (nSPS) is 14.4. The van der Waals surface area contributed by atoms with Gasteiger partial charge in [-0.25, -0.2) is 13.1 Å². The van der Waals surface area contributed by atoms with E-state index >= 15 is 0 Å². The van der Waals surface area contributed by atoms with E-state index in [0.717, 1.165) is 19.3 Å². The second kappa shape index (κ2) is 10.8. The fraction of sp³-hybridized carbons (Fsp3) is 0.320. The van der Waals surface area contributed by atoms with E-state index in [-0.39, 0.29) is 27.6 Å². The SMILES string of the molecule is CCCn1nc(C(=O)Nc2cc(S(=O)(=O)N3CCCCC3)ccc2Oc2ccccc2)ccc1=O. The minimum absolute atomic E-state index is 0.0352. The van der Waals surface area contributed by atoms with Crippen LogP contribution in [0.3, 0.4) is 0 Å². The van der Waals surface area contributed by atoms with Gasteiger partial charge in [-0.15, -0.1) is 0 Å². The number of anilines is 1. The van der Waals surface area contributed by atoms with Gasteiger partial charge in [0.15, 0.2) is 5.75 Å². The van der Waals surface area contributed by atoms with Gasteiger partial charge in [-0.1, -0.05) is 31.5 Å². The number of hydrogen-bond donors (Lipinski definition) is 1. The third-order valence-corrected chi connectivity index (χ3v) is 7.55. The lowest BCUT2D eigenvalue weighted by Gasteiger charge is -2.26. The number of nitrogens with zero attached hydrogens (tertiary/aromatic N) is 3. The van der Waals surface area contributed by atoms with E-state index in [1.165, 1.54) is 39.3 Å². The Bertz CT molecular complexity index is 1350. The van der Waals surface area contributed by atoms with E-state index in [1.54, 1.807) is 12.1 Å². The summed E-state index contributed by atoms with van der Waals surface area (Å²) in [6, 6.07) is 16.0. The number of benzene rings is 2. The van der Waals surface area contributed by atoms with Crippen LogP contribution in [0, 0.1) is 0 Å². The maximum Gasteiger partial charge on any atom is 0.276 e. The number of amides is 1. The number of ether oxygens (including phenoxy) is 1. The van der Waals surface area contributed by atoms with Crippen molar-refractivity contribution in [1.82, 2.24) is 14.1 Å². The van der Waals surface area contributed by atoms with Crippen molar-refractivity contribution in [2.45, 2.75) is 44.0 Å². The lowest BCUT2D eigenvalue weighted by molar-refractivity contribution is 0.101. The van der Waals surface area contributed by atoms with Crippen molar-refractivity contribution in [2.24, 2.45) is 0 Å². The second-order valence-corrected chi connectivity index (χ2v) is 10.2. The van der Waals surface area contributed by atoms with Gasteiger partial charge in [0, 0.05) is 25.7 Å². The number of nitrogens with one attached hydrogen (secondary N) is 1. The monoisotopic (exact) mass is 496 g/mol. The Hall–Kier alpha value is -3.50. The van der Waals surface area contributed by atoms with Crippen LogP contribution in [0.1, 0.15) is 43.1 Å². The van der Waals surface area contributed by atoms with Gasteiger partial charge in [0.05, 0.1) is 10.6 Å². The molecule has 0 aliphatic carbocycles. The first-order chi connectivity index (χ1) is 16.9. The number of hydrogen-bond acceptors (Lipinski definition) is 6. The van der Waals surface area contributed by atoms with Crippen LogP contribution in [-0.2, 0) is 16.6 Å². The molecule has 3 aromatic rings. The zero-order valence-corrected chi connectivity index (χ0v) is 20.3. The summed E-state index contributed by atoms with van der Waals surface area (Å²) in [7, 11) is -3.73. The minimum atomic E-state index is -3.73. The molecule has 2 aromatic carbocycles. The van der Waals surface area contributed by atoms with Crippen molar-refractivity contribution in [3.8, 4) is 11.5 Å². The Morgan fingerprint density at radius 2 is 1.77 bits per heavy atom. The quantitative estimate of drug-likeness (QED) is 0.507. The fourth-order valence-corrected chi connectivity index (χ4v) is 5.40. The molecule has 0 spiro atoms. The predicted molar refractivity (Wildman–Crippen MR) is 132 cm³/mol. The first-order valence-electron chi connectivity index (χ1n) is 11.6. The average Bonchev–Trinajstić information content (AvgIpc) is 2.87. The van der Waals surface area contributed by atoms with Crippen LogP contribution in [0.2, 0.25) is 0 Å². The molecule has 0 saturated carbocycles. The molecule has 1 aliphatic rings. The summed E-state index contributed by atoms with van der Waals surface area (Å²) in [6.45, 7) is 3.22. The molecule has 35 heavy (non-hydrogen) atoms. The van der Waals surface area contributed by atoms with Crippen LogP contribution in [0.15, 0.2) is 70.4 Å². The zero-order valence-electron chi connectivity index (χ0n) is 19.5. The molecule has 0 radical (unpaired) electrons. The Morgan fingerprint density at radius 3 is 2.49 bits per heavy atom. The van der Waals surface area contributed by atoms with Crippen molar-refractivity contribution in [3.63, 3.8) is 0 Å². The highest BCUT2D eigenvalue weighted by atomic mass is 32.2. The molecule has 1 fully saturated rings.